The predicted octanol–water partition coefficient (Wildman–Crippen LogP) is 5.51. The number of rotatable bonds is 5. The topological polar surface area (TPSA) is 38.4 Å². The summed E-state index contributed by atoms with van der Waals surface area (Å²) in [6.45, 7) is 0. The lowest BCUT2D eigenvalue weighted by atomic mass is 10.2. The first-order valence-corrected chi connectivity index (χ1v) is 8.42. The third-order valence-corrected chi connectivity index (χ3v) is 4.58. The lowest BCUT2D eigenvalue weighted by Crippen LogP contribution is -2.12. The quantitative estimate of drug-likeness (QED) is 0.331. The third kappa shape index (κ3) is 5.11. The smallest absolute Gasteiger partial charge is 0.115 e. The van der Waals surface area contributed by atoms with E-state index in [1.54, 1.807) is 17.8 Å². The average Bonchev–Trinajstić information content (AvgIpc) is 2.48. The molecule has 0 amide bonds. The number of nitrogens with zero attached hydrogens (tertiary/aromatic N) is 1. The van der Waals surface area contributed by atoms with Gasteiger partial charge in [0.25, 0.3) is 0 Å². The van der Waals surface area contributed by atoms with Gasteiger partial charge in [0.15, 0.2) is 0 Å². The summed E-state index contributed by atoms with van der Waals surface area (Å²) >= 11 is 19.3. The molecule has 0 unspecified atom stereocenters. The van der Waals surface area contributed by atoms with E-state index in [4.69, 9.17) is 40.5 Å². The van der Waals surface area contributed by atoms with Gasteiger partial charge in [0.1, 0.15) is 5.84 Å². The second-order valence-corrected chi connectivity index (χ2v) is 6.41. The van der Waals surface area contributed by atoms with E-state index in [-0.39, 0.29) is 5.88 Å². The van der Waals surface area contributed by atoms with Gasteiger partial charge in [-0.05, 0) is 42.0 Å². The lowest BCUT2D eigenvalue weighted by molar-refractivity contribution is 1.36. The number of amidine groups is 1. The van der Waals surface area contributed by atoms with Gasteiger partial charge in [0.2, 0.25) is 0 Å². The molecule has 0 saturated carbocycles. The summed E-state index contributed by atoms with van der Waals surface area (Å²) in [7, 11) is 0. The van der Waals surface area contributed by atoms with Crippen molar-refractivity contribution in [2.45, 2.75) is 10.6 Å². The summed E-state index contributed by atoms with van der Waals surface area (Å²) in [5, 5.41) is 1.33. The Hall–Kier alpha value is -0.870. The molecule has 2 rings (SSSR count). The zero-order valence-electron chi connectivity index (χ0n) is 11.0. The van der Waals surface area contributed by atoms with Gasteiger partial charge >= 0.3 is 0 Å². The molecular formula is C15H13Cl3N2S. The molecule has 0 spiro atoms. The van der Waals surface area contributed by atoms with Crippen LogP contribution in [0.2, 0.25) is 10.0 Å². The van der Waals surface area contributed by atoms with E-state index in [1.165, 1.54) is 0 Å². The number of nitrogens with two attached hydrogens (primary N) is 1. The lowest BCUT2D eigenvalue weighted by Gasteiger charge is -2.05. The number of halogens is 3. The van der Waals surface area contributed by atoms with Gasteiger partial charge in [0, 0.05) is 20.7 Å². The molecule has 2 nitrogen and oxygen atoms in total. The molecule has 0 radical (unpaired) electrons. The highest BCUT2D eigenvalue weighted by Gasteiger charge is 2.03. The number of benzene rings is 2. The summed E-state index contributed by atoms with van der Waals surface area (Å²) in [4.78, 5) is 5.31. The molecule has 0 aliphatic rings. The Morgan fingerprint density at radius 2 is 1.81 bits per heavy atom. The molecule has 0 aliphatic heterocycles. The van der Waals surface area contributed by atoms with Crippen LogP contribution in [0.5, 0.6) is 0 Å². The molecule has 110 valence electrons. The second kappa shape index (κ2) is 7.95. The number of alkyl halides is 1. The van der Waals surface area contributed by atoms with Gasteiger partial charge in [0.05, 0.1) is 11.6 Å². The molecule has 6 heteroatoms. The summed E-state index contributed by atoms with van der Waals surface area (Å²) in [5.74, 6) is 1.42. The maximum Gasteiger partial charge on any atom is 0.115 e. The molecule has 2 N–H and O–H groups in total. The van der Waals surface area contributed by atoms with Crippen LogP contribution in [0.15, 0.2) is 52.4 Å². The maximum atomic E-state index is 6.15. The fraction of sp³-hybridized carbons (Fsp3) is 0.133. The minimum absolute atomic E-state index is 0.228. The molecule has 0 saturated heterocycles. The van der Waals surface area contributed by atoms with Gasteiger partial charge in [-0.2, -0.15) is 0 Å². The molecule has 21 heavy (non-hydrogen) atoms. The van der Waals surface area contributed by atoms with Crippen molar-refractivity contribution in [1.82, 2.24) is 0 Å². The Morgan fingerprint density at radius 3 is 2.43 bits per heavy atom. The van der Waals surface area contributed by atoms with E-state index in [9.17, 15) is 0 Å². The molecule has 0 atom stereocenters. The van der Waals surface area contributed by atoms with Crippen molar-refractivity contribution in [3.63, 3.8) is 0 Å². The van der Waals surface area contributed by atoms with Gasteiger partial charge in [-0.1, -0.05) is 29.3 Å². The van der Waals surface area contributed by atoms with Crippen molar-refractivity contribution in [3.05, 3.63) is 58.1 Å². The first-order valence-electron chi connectivity index (χ1n) is 6.14. The van der Waals surface area contributed by atoms with Crippen LogP contribution in [-0.4, -0.2) is 11.7 Å². The maximum absolute atomic E-state index is 6.15. The van der Waals surface area contributed by atoms with E-state index in [1.807, 2.05) is 36.4 Å². The minimum atomic E-state index is 0.228. The first-order chi connectivity index (χ1) is 10.1. The van der Waals surface area contributed by atoms with Crippen molar-refractivity contribution in [2.75, 3.05) is 5.88 Å². The van der Waals surface area contributed by atoms with Crippen LogP contribution in [0.1, 0.15) is 5.56 Å². The molecule has 0 heterocycles. The summed E-state index contributed by atoms with van der Waals surface area (Å²) in [6, 6.07) is 13.3. The SMILES string of the molecule is NC(CCl)=Nc1ccc(SCc2ccc(Cl)cc2Cl)cc1. The predicted molar refractivity (Wildman–Crippen MR) is 94.5 cm³/mol. The van der Waals surface area contributed by atoms with Crippen molar-refractivity contribution in [2.24, 2.45) is 10.7 Å². The van der Waals surface area contributed by atoms with Gasteiger partial charge in [-0.3, -0.25) is 0 Å². The fourth-order valence-corrected chi connectivity index (χ4v) is 3.13. The van der Waals surface area contributed by atoms with Crippen LogP contribution in [0.4, 0.5) is 5.69 Å². The molecule has 2 aromatic carbocycles. The zero-order valence-corrected chi connectivity index (χ0v) is 14.1. The van der Waals surface area contributed by atoms with Crippen LogP contribution >= 0.6 is 46.6 Å². The Labute approximate surface area is 143 Å². The highest BCUT2D eigenvalue weighted by Crippen LogP contribution is 2.29. The Balaban J connectivity index is 2.00. The van der Waals surface area contributed by atoms with Crippen molar-refractivity contribution in [3.8, 4) is 0 Å². The molecule has 0 bridgehead atoms. The fourth-order valence-electron chi connectivity index (χ4n) is 1.61. The number of aliphatic imine (C=N–C) groups is 1. The van der Waals surface area contributed by atoms with Crippen LogP contribution in [0.25, 0.3) is 0 Å². The van der Waals surface area contributed by atoms with Gasteiger partial charge < -0.3 is 5.73 Å². The van der Waals surface area contributed by atoms with Gasteiger partial charge in [-0.15, -0.1) is 23.4 Å². The van der Waals surface area contributed by atoms with Crippen LogP contribution in [-0.2, 0) is 5.75 Å². The van der Waals surface area contributed by atoms with Crippen molar-refractivity contribution in [1.29, 1.82) is 0 Å². The largest absolute Gasteiger partial charge is 0.386 e. The molecule has 0 aliphatic carbocycles. The van der Waals surface area contributed by atoms with E-state index in [0.29, 0.717) is 15.9 Å². The molecule has 0 fully saturated rings. The second-order valence-electron chi connectivity index (χ2n) is 4.26. The normalized spacial score (nSPS) is 11.7. The summed E-state index contributed by atoms with van der Waals surface area (Å²) < 4.78 is 0. The van der Waals surface area contributed by atoms with Crippen molar-refractivity contribution < 1.29 is 0 Å². The van der Waals surface area contributed by atoms with E-state index in [0.717, 1.165) is 21.9 Å². The van der Waals surface area contributed by atoms with E-state index < -0.39 is 0 Å². The van der Waals surface area contributed by atoms with Crippen LogP contribution < -0.4 is 5.73 Å². The molecule has 2 aromatic rings. The van der Waals surface area contributed by atoms with Gasteiger partial charge in [-0.25, -0.2) is 4.99 Å². The number of thioether (sulfide) groups is 1. The first kappa shape index (κ1) is 16.5. The number of hydrogen-bond acceptors (Lipinski definition) is 2. The van der Waals surface area contributed by atoms with Crippen molar-refractivity contribution >= 4 is 58.1 Å². The monoisotopic (exact) mass is 358 g/mol. The molecule has 0 aromatic heterocycles. The standard InChI is InChI=1S/C15H13Cl3N2S/c16-8-15(19)20-12-3-5-13(6-4-12)21-9-10-1-2-11(17)7-14(10)18/h1-7H,8-9H2,(H2,19,20). The average molecular weight is 360 g/mol. The Bertz CT molecular complexity index is 642. The van der Waals surface area contributed by atoms with Crippen LogP contribution in [0, 0.1) is 0 Å². The summed E-state index contributed by atoms with van der Waals surface area (Å²) in [5.41, 5.74) is 7.44. The zero-order chi connectivity index (χ0) is 15.2. The van der Waals surface area contributed by atoms with E-state index in [2.05, 4.69) is 4.99 Å². The minimum Gasteiger partial charge on any atom is -0.386 e. The summed E-state index contributed by atoms with van der Waals surface area (Å²) in [6.07, 6.45) is 0. The molecular weight excluding hydrogens is 347 g/mol. The third-order valence-electron chi connectivity index (χ3n) is 2.66. The van der Waals surface area contributed by atoms with Crippen LogP contribution in [0.3, 0.4) is 0 Å². The Morgan fingerprint density at radius 1 is 1.10 bits per heavy atom. The highest BCUT2D eigenvalue weighted by molar-refractivity contribution is 7.98. The Kier molecular flexibility index (Phi) is 6.24. The number of hydrogen-bond donors (Lipinski definition) is 1. The highest BCUT2D eigenvalue weighted by atomic mass is 35.5. The van der Waals surface area contributed by atoms with E-state index >= 15 is 0 Å².